The standard InChI is InChI=1S/C14H10ClNO2/c15-7-6-12(17)8-4-5-11-13-9(8)2-1-3-10(13)14(18)16-11/h1-5,17H,6-7H2. The van der Waals surface area contributed by atoms with E-state index in [1.165, 1.54) is 0 Å². The van der Waals surface area contributed by atoms with Gasteiger partial charge >= 0.3 is 0 Å². The van der Waals surface area contributed by atoms with Crippen LogP contribution in [0.4, 0.5) is 0 Å². The first-order valence-corrected chi connectivity index (χ1v) is 6.18. The number of alkyl halides is 1. The normalized spacial score (nSPS) is 13.4. The van der Waals surface area contributed by atoms with Crippen LogP contribution in [-0.2, 0) is 0 Å². The van der Waals surface area contributed by atoms with E-state index in [9.17, 15) is 9.90 Å². The van der Waals surface area contributed by atoms with Crippen molar-refractivity contribution < 1.29 is 5.11 Å². The van der Waals surface area contributed by atoms with Gasteiger partial charge in [0.15, 0.2) is 0 Å². The Kier molecular flexibility index (Phi) is 2.56. The minimum Gasteiger partial charge on any atom is -0.512 e. The summed E-state index contributed by atoms with van der Waals surface area (Å²) in [7, 11) is 0. The molecule has 0 amide bonds. The van der Waals surface area contributed by atoms with Crippen molar-refractivity contribution in [2.24, 2.45) is 0 Å². The Hall–Kier alpha value is -1.87. The van der Waals surface area contributed by atoms with Crippen molar-refractivity contribution in [3.63, 3.8) is 0 Å². The quantitative estimate of drug-likeness (QED) is 0.718. The summed E-state index contributed by atoms with van der Waals surface area (Å²) in [4.78, 5) is 15.7. The van der Waals surface area contributed by atoms with E-state index in [4.69, 9.17) is 11.6 Å². The number of rotatable bonds is 2. The molecule has 0 aliphatic carbocycles. The molecular weight excluding hydrogens is 250 g/mol. The van der Waals surface area contributed by atoms with E-state index in [-0.39, 0.29) is 11.3 Å². The van der Waals surface area contributed by atoms with Crippen LogP contribution in [0.25, 0.3) is 27.4 Å². The number of hydrogen-bond acceptors (Lipinski definition) is 3. The Labute approximate surface area is 108 Å². The van der Waals surface area contributed by atoms with Crippen LogP contribution in [0.2, 0.25) is 0 Å². The summed E-state index contributed by atoms with van der Waals surface area (Å²) >= 11 is 5.64. The molecule has 0 unspecified atom stereocenters. The van der Waals surface area contributed by atoms with Crippen LogP contribution in [0.3, 0.4) is 0 Å². The second-order valence-electron chi connectivity index (χ2n) is 4.16. The molecule has 4 heteroatoms. The lowest BCUT2D eigenvalue weighted by Crippen LogP contribution is -2.07. The molecule has 0 saturated carbocycles. The van der Waals surface area contributed by atoms with Crippen LogP contribution in [0.5, 0.6) is 0 Å². The highest BCUT2D eigenvalue weighted by Crippen LogP contribution is 2.21. The Morgan fingerprint density at radius 3 is 2.78 bits per heavy atom. The van der Waals surface area contributed by atoms with Gasteiger partial charge in [0.25, 0.3) is 5.56 Å². The van der Waals surface area contributed by atoms with Gasteiger partial charge in [-0.25, -0.2) is 4.98 Å². The summed E-state index contributed by atoms with van der Waals surface area (Å²) in [5.41, 5.74) is 0.456. The summed E-state index contributed by atoms with van der Waals surface area (Å²) in [6, 6.07) is 8.99. The molecule has 3 nitrogen and oxygen atoms in total. The number of aliphatic hydroxyl groups excluding tert-OH is 1. The van der Waals surface area contributed by atoms with Crippen molar-refractivity contribution in [1.82, 2.24) is 4.98 Å². The predicted octanol–water partition coefficient (Wildman–Crippen LogP) is 2.20. The topological polar surface area (TPSA) is 50.2 Å². The Morgan fingerprint density at radius 1 is 1.22 bits per heavy atom. The van der Waals surface area contributed by atoms with Crippen molar-refractivity contribution in [3.05, 3.63) is 45.9 Å². The molecule has 3 rings (SSSR count). The fourth-order valence-electron chi connectivity index (χ4n) is 2.30. The second kappa shape index (κ2) is 4.10. The fourth-order valence-corrected chi connectivity index (χ4v) is 2.48. The smallest absolute Gasteiger partial charge is 0.278 e. The highest BCUT2D eigenvalue weighted by molar-refractivity contribution is 6.18. The van der Waals surface area contributed by atoms with Gasteiger partial charge in [-0.3, -0.25) is 4.79 Å². The van der Waals surface area contributed by atoms with Crippen LogP contribution >= 0.6 is 11.6 Å². The summed E-state index contributed by atoms with van der Waals surface area (Å²) < 4.78 is 0. The summed E-state index contributed by atoms with van der Waals surface area (Å²) in [6.07, 6.45) is 0.408. The van der Waals surface area contributed by atoms with Crippen LogP contribution < -0.4 is 10.8 Å². The third kappa shape index (κ3) is 1.51. The molecule has 1 aromatic heterocycles. The van der Waals surface area contributed by atoms with E-state index in [1.807, 2.05) is 6.07 Å². The maximum Gasteiger partial charge on any atom is 0.278 e. The molecule has 1 N–H and O–H groups in total. The maximum absolute atomic E-state index is 11.7. The third-order valence-corrected chi connectivity index (χ3v) is 3.30. The molecule has 2 aromatic carbocycles. The first-order chi connectivity index (χ1) is 8.72. The van der Waals surface area contributed by atoms with Gasteiger partial charge in [-0.05, 0) is 23.6 Å². The maximum atomic E-state index is 11.7. The molecule has 0 atom stereocenters. The van der Waals surface area contributed by atoms with E-state index in [1.54, 1.807) is 24.3 Å². The van der Waals surface area contributed by atoms with Gasteiger partial charge in [0.05, 0.1) is 10.9 Å². The molecule has 18 heavy (non-hydrogen) atoms. The van der Waals surface area contributed by atoms with Gasteiger partial charge in [0.2, 0.25) is 0 Å². The number of benzene rings is 2. The minimum atomic E-state index is -0.218. The van der Waals surface area contributed by atoms with Gasteiger partial charge in [-0.2, -0.15) is 0 Å². The zero-order chi connectivity index (χ0) is 12.7. The lowest BCUT2D eigenvalue weighted by atomic mass is 10.0. The van der Waals surface area contributed by atoms with Crippen molar-refractivity contribution in [3.8, 4) is 0 Å². The van der Waals surface area contributed by atoms with E-state index in [0.717, 1.165) is 16.0 Å². The van der Waals surface area contributed by atoms with E-state index < -0.39 is 0 Å². The Morgan fingerprint density at radius 2 is 2.00 bits per heavy atom. The van der Waals surface area contributed by atoms with Crippen LogP contribution in [0.1, 0.15) is 6.42 Å². The predicted molar refractivity (Wildman–Crippen MR) is 73.3 cm³/mol. The van der Waals surface area contributed by atoms with Gasteiger partial charge in [-0.1, -0.05) is 12.1 Å². The molecule has 0 radical (unpaired) electrons. The first kappa shape index (κ1) is 11.2. The average Bonchev–Trinajstić information content (AvgIpc) is 2.69. The van der Waals surface area contributed by atoms with Crippen LogP contribution in [0.15, 0.2) is 35.1 Å². The molecule has 1 heterocycles. The molecule has 0 saturated heterocycles. The average molecular weight is 260 g/mol. The van der Waals surface area contributed by atoms with Crippen molar-refractivity contribution >= 4 is 39.0 Å². The molecule has 0 aliphatic rings. The van der Waals surface area contributed by atoms with Gasteiger partial charge in [0.1, 0.15) is 5.76 Å². The summed E-state index contributed by atoms with van der Waals surface area (Å²) in [6.45, 7) is 0. The molecule has 3 aromatic rings. The molecule has 90 valence electrons. The molecule has 0 aliphatic heterocycles. The Balaban J connectivity index is 2.54. The van der Waals surface area contributed by atoms with E-state index >= 15 is 0 Å². The summed E-state index contributed by atoms with van der Waals surface area (Å²) in [5, 5.41) is 13.0. The highest BCUT2D eigenvalue weighted by Gasteiger charge is 2.10. The van der Waals surface area contributed by atoms with E-state index in [0.29, 0.717) is 23.2 Å². The number of hydrogen-bond donors (Lipinski definition) is 1. The first-order valence-electron chi connectivity index (χ1n) is 5.65. The van der Waals surface area contributed by atoms with Gasteiger partial charge in [0, 0.05) is 22.9 Å². The lowest BCUT2D eigenvalue weighted by molar-refractivity contribution is 0.485. The SMILES string of the molecule is O=c1nc2ccc(=C(O)CCCl)c3cccc1c23. The van der Waals surface area contributed by atoms with Crippen molar-refractivity contribution in [2.45, 2.75) is 6.42 Å². The molecule has 0 spiro atoms. The fraction of sp³-hybridized carbons (Fsp3) is 0.143. The number of aliphatic hydroxyl groups is 1. The van der Waals surface area contributed by atoms with Crippen molar-refractivity contribution in [1.29, 1.82) is 0 Å². The number of halogens is 1. The molecule has 0 fully saturated rings. The van der Waals surface area contributed by atoms with Crippen LogP contribution in [-0.4, -0.2) is 16.0 Å². The number of aromatic nitrogens is 1. The zero-order valence-corrected chi connectivity index (χ0v) is 10.2. The monoisotopic (exact) mass is 259 g/mol. The highest BCUT2D eigenvalue weighted by atomic mass is 35.5. The molecular formula is C14H10ClNO2. The summed E-state index contributed by atoms with van der Waals surface area (Å²) in [5.74, 6) is 0.603. The van der Waals surface area contributed by atoms with Gasteiger partial charge < -0.3 is 5.11 Å². The number of nitrogens with zero attached hydrogens (tertiary/aromatic N) is 1. The minimum absolute atomic E-state index is 0.218. The van der Waals surface area contributed by atoms with Crippen LogP contribution in [0, 0.1) is 0 Å². The van der Waals surface area contributed by atoms with E-state index in [2.05, 4.69) is 4.98 Å². The van der Waals surface area contributed by atoms with Crippen molar-refractivity contribution in [2.75, 3.05) is 5.88 Å². The second-order valence-corrected chi connectivity index (χ2v) is 4.54. The van der Waals surface area contributed by atoms with Gasteiger partial charge in [-0.15, -0.1) is 11.6 Å². The Bertz CT molecular complexity index is 829. The third-order valence-electron chi connectivity index (χ3n) is 3.11. The lowest BCUT2D eigenvalue weighted by Gasteiger charge is -2.01. The largest absolute Gasteiger partial charge is 0.512 e. The molecule has 0 bridgehead atoms. The zero-order valence-electron chi connectivity index (χ0n) is 9.48.